The molecule has 0 radical (unpaired) electrons. The van der Waals surface area contributed by atoms with Gasteiger partial charge in [0.25, 0.3) is 0 Å². The molecule has 0 aliphatic heterocycles. The molecule has 2 aromatic rings. The van der Waals surface area contributed by atoms with E-state index in [9.17, 15) is 18.0 Å². The van der Waals surface area contributed by atoms with Crippen molar-refractivity contribution in [1.29, 1.82) is 0 Å². The van der Waals surface area contributed by atoms with Crippen LogP contribution in [-0.4, -0.2) is 37.5 Å². The molecule has 0 bridgehead atoms. The van der Waals surface area contributed by atoms with Crippen molar-refractivity contribution in [1.82, 2.24) is 10.0 Å². The third kappa shape index (κ3) is 4.64. The molecular weight excluding hydrogens is 368 g/mol. The van der Waals surface area contributed by atoms with Crippen molar-refractivity contribution in [2.45, 2.75) is 42.5 Å². The molecule has 3 rings (SSSR count). The maximum absolute atomic E-state index is 12.4. The maximum atomic E-state index is 12.4. The molecule has 27 heavy (non-hydrogen) atoms. The Balaban J connectivity index is 1.57. The van der Waals surface area contributed by atoms with Gasteiger partial charge in [0.1, 0.15) is 0 Å². The number of carbonyl (C=O) groups is 2. The Hall–Kier alpha value is -2.45. The molecular formula is C19H22N2O5S. The Labute approximate surface area is 157 Å². The molecule has 7 nitrogen and oxygen atoms in total. The van der Waals surface area contributed by atoms with Crippen LogP contribution in [0.25, 0.3) is 10.8 Å². The fourth-order valence-electron chi connectivity index (χ4n) is 3.31. The first-order valence-corrected chi connectivity index (χ1v) is 10.3. The van der Waals surface area contributed by atoms with Gasteiger partial charge in [0, 0.05) is 13.0 Å². The third-order valence-corrected chi connectivity index (χ3v) is 6.34. The predicted molar refractivity (Wildman–Crippen MR) is 101 cm³/mol. The minimum absolute atomic E-state index is 0.0474. The average Bonchev–Trinajstić information content (AvgIpc) is 2.58. The number of hydrogen-bond acceptors (Lipinski definition) is 4. The number of rotatable bonds is 8. The Morgan fingerprint density at radius 2 is 1.78 bits per heavy atom. The van der Waals surface area contributed by atoms with E-state index in [1.807, 2.05) is 24.3 Å². The van der Waals surface area contributed by atoms with Gasteiger partial charge in [0.15, 0.2) is 0 Å². The summed E-state index contributed by atoms with van der Waals surface area (Å²) in [6.45, 7) is -0.0514. The number of benzene rings is 2. The van der Waals surface area contributed by atoms with Crippen molar-refractivity contribution in [3.05, 3.63) is 42.5 Å². The molecule has 0 saturated heterocycles. The summed E-state index contributed by atoms with van der Waals surface area (Å²) in [5.41, 5.74) is -0.680. The van der Waals surface area contributed by atoms with E-state index >= 15 is 0 Å². The van der Waals surface area contributed by atoms with E-state index in [1.165, 1.54) is 6.07 Å². The third-order valence-electron chi connectivity index (χ3n) is 4.88. The molecule has 0 spiro atoms. The summed E-state index contributed by atoms with van der Waals surface area (Å²) in [6, 6.07) is 12.3. The van der Waals surface area contributed by atoms with E-state index in [1.54, 1.807) is 12.1 Å². The van der Waals surface area contributed by atoms with Crippen molar-refractivity contribution >= 4 is 32.7 Å². The first kappa shape index (κ1) is 19.3. The van der Waals surface area contributed by atoms with Crippen LogP contribution >= 0.6 is 0 Å². The monoisotopic (exact) mass is 390 g/mol. The topological polar surface area (TPSA) is 113 Å². The highest BCUT2D eigenvalue weighted by atomic mass is 32.2. The Kier molecular flexibility index (Phi) is 5.48. The number of nitrogens with one attached hydrogen (secondary N) is 2. The van der Waals surface area contributed by atoms with Crippen molar-refractivity contribution in [2.75, 3.05) is 6.54 Å². The number of fused-ring (bicyclic) bond motifs is 1. The maximum Gasteiger partial charge on any atom is 0.305 e. The van der Waals surface area contributed by atoms with Crippen LogP contribution in [0.3, 0.4) is 0 Å². The summed E-state index contributed by atoms with van der Waals surface area (Å²) in [5, 5.41) is 13.5. The minimum atomic E-state index is -3.73. The summed E-state index contributed by atoms with van der Waals surface area (Å²) < 4.78 is 27.3. The number of sulfonamides is 1. The number of carbonyl (C=O) groups excluding carboxylic acids is 1. The van der Waals surface area contributed by atoms with Crippen LogP contribution in [0.2, 0.25) is 0 Å². The van der Waals surface area contributed by atoms with Gasteiger partial charge in [-0.25, -0.2) is 13.1 Å². The molecule has 0 unspecified atom stereocenters. The van der Waals surface area contributed by atoms with E-state index in [0.717, 1.165) is 17.2 Å². The number of carboxylic acid groups (broad SMARTS) is 1. The molecule has 1 fully saturated rings. The molecule has 1 saturated carbocycles. The molecule has 3 N–H and O–H groups in total. The van der Waals surface area contributed by atoms with Gasteiger partial charge in [-0.1, -0.05) is 30.3 Å². The first-order valence-electron chi connectivity index (χ1n) is 8.81. The Morgan fingerprint density at radius 1 is 1.07 bits per heavy atom. The number of hydrogen-bond donors (Lipinski definition) is 3. The molecule has 2 aromatic carbocycles. The molecule has 1 aliphatic carbocycles. The highest BCUT2D eigenvalue weighted by Gasteiger charge is 2.40. The number of amides is 1. The van der Waals surface area contributed by atoms with E-state index in [-0.39, 0.29) is 30.2 Å². The van der Waals surface area contributed by atoms with Crippen molar-refractivity contribution in [3.63, 3.8) is 0 Å². The second-order valence-electron chi connectivity index (χ2n) is 6.91. The van der Waals surface area contributed by atoms with E-state index in [2.05, 4.69) is 10.0 Å². The van der Waals surface area contributed by atoms with Gasteiger partial charge in [-0.05, 0) is 42.2 Å². The van der Waals surface area contributed by atoms with Gasteiger partial charge in [-0.2, -0.15) is 0 Å². The summed E-state index contributed by atoms with van der Waals surface area (Å²) in [6.07, 6.45) is 1.99. The lowest BCUT2D eigenvalue weighted by atomic mass is 9.74. The van der Waals surface area contributed by atoms with Crippen LogP contribution in [0.1, 0.15) is 32.1 Å². The first-order chi connectivity index (χ1) is 12.8. The molecule has 8 heteroatoms. The summed E-state index contributed by atoms with van der Waals surface area (Å²) in [5.74, 6) is -1.30. The number of aliphatic carboxylic acids is 1. The second kappa shape index (κ2) is 7.66. The lowest BCUT2D eigenvalue weighted by Crippen LogP contribution is -2.55. The SMILES string of the molecule is O=C(O)CC1(NC(=O)CCNS(=O)(=O)c2ccc3ccccc3c2)CCC1. The van der Waals surface area contributed by atoms with Gasteiger partial charge >= 0.3 is 5.97 Å². The van der Waals surface area contributed by atoms with E-state index in [4.69, 9.17) is 5.11 Å². The zero-order valence-electron chi connectivity index (χ0n) is 14.8. The zero-order chi connectivity index (χ0) is 19.5. The highest BCUT2D eigenvalue weighted by Crippen LogP contribution is 2.34. The van der Waals surface area contributed by atoms with Gasteiger partial charge in [0.05, 0.1) is 16.9 Å². The molecule has 0 heterocycles. The summed E-state index contributed by atoms with van der Waals surface area (Å²) in [4.78, 5) is 23.2. The molecule has 1 amide bonds. The van der Waals surface area contributed by atoms with Crippen LogP contribution in [0.15, 0.2) is 47.4 Å². The van der Waals surface area contributed by atoms with Crippen molar-refractivity contribution in [3.8, 4) is 0 Å². The van der Waals surface area contributed by atoms with E-state index < -0.39 is 21.5 Å². The highest BCUT2D eigenvalue weighted by molar-refractivity contribution is 7.89. The van der Waals surface area contributed by atoms with Gasteiger partial charge in [-0.15, -0.1) is 0 Å². The van der Waals surface area contributed by atoms with Gasteiger partial charge < -0.3 is 10.4 Å². The lowest BCUT2D eigenvalue weighted by Gasteiger charge is -2.41. The quantitative estimate of drug-likeness (QED) is 0.638. The smallest absolute Gasteiger partial charge is 0.305 e. The Bertz CT molecular complexity index is 967. The van der Waals surface area contributed by atoms with Crippen LogP contribution < -0.4 is 10.0 Å². The normalized spacial score (nSPS) is 15.9. The lowest BCUT2D eigenvalue weighted by molar-refractivity contribution is -0.140. The van der Waals surface area contributed by atoms with Crippen LogP contribution in [0.4, 0.5) is 0 Å². The van der Waals surface area contributed by atoms with Crippen LogP contribution in [0.5, 0.6) is 0 Å². The average molecular weight is 390 g/mol. The summed E-state index contributed by atoms with van der Waals surface area (Å²) >= 11 is 0. The predicted octanol–water partition coefficient (Wildman–Crippen LogP) is 2.02. The molecule has 0 aromatic heterocycles. The van der Waals surface area contributed by atoms with Crippen LogP contribution in [-0.2, 0) is 19.6 Å². The Morgan fingerprint density at radius 3 is 2.41 bits per heavy atom. The fraction of sp³-hybridized carbons (Fsp3) is 0.368. The molecule has 144 valence electrons. The van der Waals surface area contributed by atoms with Crippen molar-refractivity contribution < 1.29 is 23.1 Å². The number of carboxylic acids is 1. The van der Waals surface area contributed by atoms with Crippen LogP contribution in [0, 0.1) is 0 Å². The zero-order valence-corrected chi connectivity index (χ0v) is 15.6. The minimum Gasteiger partial charge on any atom is -0.481 e. The van der Waals surface area contributed by atoms with Gasteiger partial charge in [0.2, 0.25) is 15.9 Å². The largest absolute Gasteiger partial charge is 0.481 e. The van der Waals surface area contributed by atoms with Crippen molar-refractivity contribution in [2.24, 2.45) is 0 Å². The summed E-state index contributed by atoms with van der Waals surface area (Å²) in [7, 11) is -3.73. The van der Waals surface area contributed by atoms with Gasteiger partial charge in [-0.3, -0.25) is 9.59 Å². The van der Waals surface area contributed by atoms with E-state index in [0.29, 0.717) is 12.8 Å². The standard InChI is InChI=1S/C19H22N2O5S/c22-17(21-19(9-3-10-19)13-18(23)24)8-11-20-27(25,26)16-7-6-14-4-1-2-5-15(14)12-16/h1-2,4-7,12,20H,3,8-11,13H2,(H,21,22)(H,23,24). The second-order valence-corrected chi connectivity index (χ2v) is 8.68. The molecule has 1 aliphatic rings. The molecule has 0 atom stereocenters. The fourth-order valence-corrected chi connectivity index (χ4v) is 4.38.